The van der Waals surface area contributed by atoms with Crippen LogP contribution < -0.4 is 0 Å². The Balaban J connectivity index is 5.39. The molecule has 584 valence electrons. The number of rotatable bonds is 73. The third-order valence-corrected chi connectivity index (χ3v) is 18.0. The van der Waals surface area contributed by atoms with Crippen LogP contribution in [0.15, 0.2) is 134 Å². The number of aliphatic hydroxyl groups is 1. The monoisotopic (exact) mass is 1470 g/mol. The van der Waals surface area contributed by atoms with Gasteiger partial charge in [-0.25, -0.2) is 9.13 Å². The van der Waals surface area contributed by atoms with Crippen molar-refractivity contribution < 1.29 is 80.2 Å². The highest BCUT2D eigenvalue weighted by atomic mass is 31.2. The van der Waals surface area contributed by atoms with Crippen molar-refractivity contribution in [3.63, 3.8) is 0 Å². The van der Waals surface area contributed by atoms with Gasteiger partial charge in [0.2, 0.25) is 0 Å². The molecule has 0 radical (unpaired) electrons. The number of esters is 4. The molecule has 0 aliphatic heterocycles. The van der Waals surface area contributed by atoms with E-state index in [4.69, 9.17) is 37.0 Å². The molecule has 0 aromatic carbocycles. The van der Waals surface area contributed by atoms with Crippen molar-refractivity contribution in [2.24, 2.45) is 0 Å². The molecule has 0 aliphatic rings. The summed E-state index contributed by atoms with van der Waals surface area (Å²) in [5.41, 5.74) is 0. The fourth-order valence-electron chi connectivity index (χ4n) is 10.2. The Morgan fingerprint density at radius 1 is 0.284 bits per heavy atom. The number of unbranched alkanes of at least 4 members (excludes halogenated alkanes) is 25. The van der Waals surface area contributed by atoms with E-state index in [9.17, 15) is 43.2 Å². The molecule has 17 nitrogen and oxygen atoms in total. The van der Waals surface area contributed by atoms with Crippen LogP contribution in [0.1, 0.15) is 310 Å². The molecule has 0 saturated carbocycles. The molecule has 0 saturated heterocycles. The van der Waals surface area contributed by atoms with Crippen LogP contribution >= 0.6 is 15.6 Å². The highest BCUT2D eigenvalue weighted by Gasteiger charge is 2.30. The molecule has 5 unspecified atom stereocenters. The van der Waals surface area contributed by atoms with Gasteiger partial charge in [0.25, 0.3) is 0 Å². The van der Waals surface area contributed by atoms with Crippen molar-refractivity contribution in [3.8, 4) is 0 Å². The number of carbonyl (C=O) groups excluding carboxylic acids is 4. The first kappa shape index (κ1) is 97.2. The highest BCUT2D eigenvalue weighted by Crippen LogP contribution is 2.45. The van der Waals surface area contributed by atoms with E-state index in [1.54, 1.807) is 0 Å². The lowest BCUT2D eigenvalue weighted by Gasteiger charge is -2.21. The van der Waals surface area contributed by atoms with Crippen LogP contribution in [0.2, 0.25) is 0 Å². The van der Waals surface area contributed by atoms with Gasteiger partial charge in [0.1, 0.15) is 19.3 Å². The van der Waals surface area contributed by atoms with E-state index in [1.807, 2.05) is 12.2 Å². The number of ether oxygens (including phenoxy) is 4. The predicted octanol–water partition coefficient (Wildman–Crippen LogP) is 22.9. The summed E-state index contributed by atoms with van der Waals surface area (Å²) in [6.45, 7) is 4.50. The number of aliphatic hydroxyl groups excluding tert-OH is 1. The number of phosphoric ester groups is 2. The van der Waals surface area contributed by atoms with Crippen LogP contribution in [0.5, 0.6) is 0 Å². The van der Waals surface area contributed by atoms with Crippen molar-refractivity contribution in [2.45, 2.75) is 329 Å². The molecule has 0 fully saturated rings. The molecule has 0 aromatic heterocycles. The fourth-order valence-corrected chi connectivity index (χ4v) is 11.7. The minimum Gasteiger partial charge on any atom is -0.462 e. The summed E-state index contributed by atoms with van der Waals surface area (Å²) in [4.78, 5) is 72.9. The zero-order chi connectivity index (χ0) is 74.6. The number of phosphoric acid groups is 2. The quantitative estimate of drug-likeness (QED) is 0.0169. The average Bonchev–Trinajstić information content (AvgIpc) is 0.907. The molecule has 19 heteroatoms. The molecule has 0 aliphatic carbocycles. The van der Waals surface area contributed by atoms with E-state index in [2.05, 4.69) is 149 Å². The summed E-state index contributed by atoms with van der Waals surface area (Å²) < 4.78 is 68.5. The summed E-state index contributed by atoms with van der Waals surface area (Å²) in [5.74, 6) is -2.27. The Morgan fingerprint density at radius 2 is 0.539 bits per heavy atom. The van der Waals surface area contributed by atoms with Crippen LogP contribution in [0.4, 0.5) is 0 Å². The van der Waals surface area contributed by atoms with Gasteiger partial charge in [-0.15, -0.1) is 0 Å². The maximum Gasteiger partial charge on any atom is 0.472 e. The van der Waals surface area contributed by atoms with Crippen molar-refractivity contribution in [3.05, 3.63) is 134 Å². The Labute approximate surface area is 618 Å². The van der Waals surface area contributed by atoms with Gasteiger partial charge < -0.3 is 33.8 Å². The molecule has 5 atom stereocenters. The minimum absolute atomic E-state index is 0.0637. The third kappa shape index (κ3) is 73.5. The molecule has 0 heterocycles. The van der Waals surface area contributed by atoms with Gasteiger partial charge in [-0.1, -0.05) is 290 Å². The first-order valence-electron chi connectivity index (χ1n) is 39.4. The first-order chi connectivity index (χ1) is 49.7. The van der Waals surface area contributed by atoms with Crippen molar-refractivity contribution in [2.75, 3.05) is 39.6 Å². The summed E-state index contributed by atoms with van der Waals surface area (Å²) >= 11 is 0. The topological polar surface area (TPSA) is 237 Å². The van der Waals surface area contributed by atoms with E-state index < -0.39 is 97.5 Å². The molecule has 0 spiro atoms. The zero-order valence-electron chi connectivity index (χ0n) is 63.7. The average molecular weight is 1470 g/mol. The van der Waals surface area contributed by atoms with Crippen LogP contribution in [-0.2, 0) is 65.4 Å². The van der Waals surface area contributed by atoms with Crippen molar-refractivity contribution in [1.82, 2.24) is 0 Å². The molecule has 0 rings (SSSR count). The molecule has 0 aromatic rings. The van der Waals surface area contributed by atoms with Gasteiger partial charge in [-0.3, -0.25) is 37.3 Å². The van der Waals surface area contributed by atoms with Crippen molar-refractivity contribution >= 4 is 39.5 Å². The standard InChI is InChI=1S/C83H140O17P2/c1-5-9-13-17-21-25-29-33-35-37-38-40-42-46-48-52-56-60-64-68-81(86)94-74-79(100-83(88)70-66-62-58-54-50-44-32-28-24-20-16-12-8-4)76-98-102(91,92)96-72-77(84)71-95-101(89,90)97-75-78(99-82(87)69-65-61-57-53-49-43-31-27-23-19-15-11-7-3)73-93-80(85)67-63-59-55-51-47-45-41-39-36-34-30-26-22-18-14-10-6-2/h9-10,13-15,19,21-22,25-27,31,33-36,38,40-41,45,51,55,77-79,84H,5-8,11-12,16-18,20,23-24,28-30,32,37,39,42-44,46-50,52-54,56-76H2,1-4H3,(H,89,90)(H,91,92)/b13-9-,14-10-,19-15-,25-21-,26-22-,31-27-,35-33-,36-34-,40-38-,45-41-,55-51-. The molecule has 3 N–H and O–H groups in total. The predicted molar refractivity (Wildman–Crippen MR) is 418 cm³/mol. The maximum atomic E-state index is 13.1. The molecule has 0 amide bonds. The van der Waals surface area contributed by atoms with Crippen LogP contribution in [0.3, 0.4) is 0 Å². The maximum absolute atomic E-state index is 13.1. The Hall–Kier alpha value is -4.80. The molecular formula is C83H140O17P2. The lowest BCUT2D eigenvalue weighted by atomic mass is 10.0. The number of carbonyl (C=O) groups is 4. The summed E-state index contributed by atoms with van der Waals surface area (Å²) in [7, 11) is -9.98. The lowest BCUT2D eigenvalue weighted by molar-refractivity contribution is -0.161. The van der Waals surface area contributed by atoms with Crippen LogP contribution in [-0.4, -0.2) is 96.7 Å². The van der Waals surface area contributed by atoms with E-state index in [0.717, 1.165) is 173 Å². The largest absolute Gasteiger partial charge is 0.472 e. The second kappa shape index (κ2) is 74.5. The first-order valence-corrected chi connectivity index (χ1v) is 42.4. The van der Waals surface area contributed by atoms with Crippen molar-refractivity contribution in [1.29, 1.82) is 0 Å². The Kier molecular flexibility index (Phi) is 71.0. The van der Waals surface area contributed by atoms with E-state index in [1.165, 1.54) is 51.4 Å². The Bertz CT molecular complexity index is 2460. The third-order valence-electron chi connectivity index (χ3n) is 16.1. The smallest absolute Gasteiger partial charge is 0.462 e. The van der Waals surface area contributed by atoms with Gasteiger partial charge in [-0.05, 0) is 128 Å². The van der Waals surface area contributed by atoms with Gasteiger partial charge in [0.15, 0.2) is 12.2 Å². The fraction of sp³-hybridized carbons (Fsp3) is 0.687. The second-order valence-electron chi connectivity index (χ2n) is 25.9. The SMILES string of the molecule is CC/C=C\C/C=C\C/C=C\C/C=C\C/C=C\CCCC(=O)OCC(COP(=O)(O)OCC(O)COP(=O)(O)OCC(COC(=O)CCCCCCCC/C=C\C/C=C\C/C=C\C/C=C\CC)OC(=O)CCCCCCCCCCCCCCC)OC(=O)CCCCCCC/C=C\C/C=C\CCC. The second-order valence-corrected chi connectivity index (χ2v) is 28.8. The van der Waals surface area contributed by atoms with Gasteiger partial charge in [-0.2, -0.15) is 0 Å². The zero-order valence-corrected chi connectivity index (χ0v) is 65.5. The Morgan fingerprint density at radius 3 is 0.863 bits per heavy atom. The van der Waals surface area contributed by atoms with Crippen LogP contribution in [0.25, 0.3) is 0 Å². The summed E-state index contributed by atoms with van der Waals surface area (Å²) in [6, 6.07) is 0. The molecular weight excluding hydrogens is 1330 g/mol. The lowest BCUT2D eigenvalue weighted by Crippen LogP contribution is -2.30. The number of hydrogen-bond acceptors (Lipinski definition) is 15. The summed E-state index contributed by atoms with van der Waals surface area (Å²) in [5, 5.41) is 10.6. The minimum atomic E-state index is -4.99. The summed E-state index contributed by atoms with van der Waals surface area (Å²) in [6.07, 6.45) is 83.0. The van der Waals surface area contributed by atoms with Gasteiger partial charge in [0, 0.05) is 25.7 Å². The molecule has 102 heavy (non-hydrogen) atoms. The van der Waals surface area contributed by atoms with Gasteiger partial charge in [0.05, 0.1) is 26.4 Å². The molecule has 0 bridgehead atoms. The van der Waals surface area contributed by atoms with E-state index >= 15 is 0 Å². The number of allylic oxidation sites excluding steroid dienone is 22. The highest BCUT2D eigenvalue weighted by molar-refractivity contribution is 7.47. The van der Waals surface area contributed by atoms with Crippen LogP contribution in [0, 0.1) is 0 Å². The van der Waals surface area contributed by atoms with Gasteiger partial charge >= 0.3 is 39.5 Å². The van der Waals surface area contributed by atoms with E-state index in [0.29, 0.717) is 32.1 Å². The number of hydrogen-bond donors (Lipinski definition) is 3. The normalized spacial score (nSPS) is 14.6. The van der Waals surface area contributed by atoms with E-state index in [-0.39, 0.29) is 25.7 Å².